The lowest BCUT2D eigenvalue weighted by Crippen LogP contribution is -1.90. The van der Waals surface area contributed by atoms with Crippen LogP contribution in [0.2, 0.25) is 5.02 Å². The molecule has 0 saturated carbocycles. The van der Waals surface area contributed by atoms with Crippen molar-refractivity contribution in [1.82, 2.24) is 0 Å². The van der Waals surface area contributed by atoms with Gasteiger partial charge in [-0.25, -0.2) is 0 Å². The van der Waals surface area contributed by atoms with Crippen LogP contribution in [0.4, 0.5) is 11.4 Å². The van der Waals surface area contributed by atoms with Crippen molar-refractivity contribution in [2.45, 2.75) is 0 Å². The highest BCUT2D eigenvalue weighted by molar-refractivity contribution is 6.33. The van der Waals surface area contributed by atoms with Crippen molar-refractivity contribution in [3.8, 4) is 6.07 Å². The third-order valence-corrected chi connectivity index (χ3v) is 2.88. The van der Waals surface area contributed by atoms with E-state index >= 15 is 0 Å². The summed E-state index contributed by atoms with van der Waals surface area (Å²) in [4.78, 5) is 14.4. The van der Waals surface area contributed by atoms with Gasteiger partial charge < -0.3 is 0 Å². The van der Waals surface area contributed by atoms with Gasteiger partial charge in [-0.1, -0.05) is 11.6 Å². The Bertz CT molecular complexity index is 718. The minimum Gasteiger partial charge on any atom is -0.258 e. The minimum absolute atomic E-state index is 0.0457. The van der Waals surface area contributed by atoms with Crippen LogP contribution in [0.3, 0.4) is 0 Å². The number of halogens is 1. The van der Waals surface area contributed by atoms with Gasteiger partial charge in [-0.2, -0.15) is 5.26 Å². The lowest BCUT2D eigenvalue weighted by Gasteiger charge is -1.98. The topological polar surface area (TPSA) is 79.3 Å². The van der Waals surface area contributed by atoms with Gasteiger partial charge in [0.05, 0.1) is 22.2 Å². The third kappa shape index (κ3) is 3.19. The van der Waals surface area contributed by atoms with Gasteiger partial charge in [0.25, 0.3) is 5.69 Å². The monoisotopic (exact) mass is 285 g/mol. The van der Waals surface area contributed by atoms with Crippen LogP contribution >= 0.6 is 11.6 Å². The average molecular weight is 286 g/mol. The number of hydrogen-bond acceptors (Lipinski definition) is 4. The number of nitro benzene ring substituents is 1. The van der Waals surface area contributed by atoms with E-state index in [2.05, 4.69) is 4.99 Å². The van der Waals surface area contributed by atoms with Crippen molar-refractivity contribution in [1.29, 1.82) is 5.26 Å². The number of nitrogens with zero attached hydrogens (tertiary/aromatic N) is 3. The molecule has 2 rings (SSSR count). The van der Waals surface area contributed by atoms with Gasteiger partial charge in [-0.3, -0.25) is 15.1 Å². The molecule has 0 spiro atoms. The number of nitro groups is 1. The van der Waals surface area contributed by atoms with Gasteiger partial charge in [0.15, 0.2) is 0 Å². The van der Waals surface area contributed by atoms with E-state index in [1.54, 1.807) is 24.3 Å². The van der Waals surface area contributed by atoms with Crippen molar-refractivity contribution in [3.63, 3.8) is 0 Å². The molecule has 5 nitrogen and oxygen atoms in total. The summed E-state index contributed by atoms with van der Waals surface area (Å²) in [5.74, 6) is 0. The van der Waals surface area contributed by atoms with Gasteiger partial charge in [0.1, 0.15) is 0 Å². The molecule has 0 atom stereocenters. The zero-order valence-corrected chi connectivity index (χ0v) is 10.9. The van der Waals surface area contributed by atoms with E-state index in [0.29, 0.717) is 21.8 Å². The molecule has 0 aliphatic carbocycles. The molecule has 20 heavy (non-hydrogen) atoms. The van der Waals surface area contributed by atoms with Gasteiger partial charge in [0, 0.05) is 28.9 Å². The number of hydrogen-bond donors (Lipinski definition) is 0. The zero-order chi connectivity index (χ0) is 14.5. The second-order valence-corrected chi connectivity index (χ2v) is 4.29. The zero-order valence-electron chi connectivity index (χ0n) is 10.2. The van der Waals surface area contributed by atoms with Crippen molar-refractivity contribution in [2.24, 2.45) is 4.99 Å². The summed E-state index contributed by atoms with van der Waals surface area (Å²) in [5, 5.41) is 19.8. The Balaban J connectivity index is 2.28. The summed E-state index contributed by atoms with van der Waals surface area (Å²) in [6, 6.07) is 12.8. The summed E-state index contributed by atoms with van der Waals surface area (Å²) in [5.41, 5.74) is 1.59. The Morgan fingerprint density at radius 3 is 2.55 bits per heavy atom. The first kappa shape index (κ1) is 13.7. The van der Waals surface area contributed by atoms with Crippen LogP contribution in [0, 0.1) is 21.4 Å². The van der Waals surface area contributed by atoms with E-state index in [1.807, 2.05) is 6.07 Å². The van der Waals surface area contributed by atoms with Crippen molar-refractivity contribution in [2.75, 3.05) is 0 Å². The Hall–Kier alpha value is -2.71. The van der Waals surface area contributed by atoms with Crippen LogP contribution in [0.1, 0.15) is 11.1 Å². The van der Waals surface area contributed by atoms with Gasteiger partial charge >= 0.3 is 0 Å². The van der Waals surface area contributed by atoms with Gasteiger partial charge in [-0.15, -0.1) is 0 Å². The first-order valence-corrected chi connectivity index (χ1v) is 5.96. The number of benzene rings is 2. The first-order valence-electron chi connectivity index (χ1n) is 5.58. The first-order chi connectivity index (χ1) is 9.60. The van der Waals surface area contributed by atoms with Crippen molar-refractivity contribution in [3.05, 3.63) is 68.7 Å². The molecule has 0 aromatic heterocycles. The summed E-state index contributed by atoms with van der Waals surface area (Å²) in [6.07, 6.45) is 1.46. The van der Waals surface area contributed by atoms with E-state index in [4.69, 9.17) is 16.9 Å². The Kier molecular flexibility index (Phi) is 4.08. The predicted octanol–water partition coefficient (Wildman–Crippen LogP) is 3.87. The standard InChI is InChI=1S/C14H8ClN3O2/c15-14-6-5-13(18(19)20)7-11(14)9-17-12-3-1-10(8-16)2-4-12/h1-7,9H/b17-9+. The maximum absolute atomic E-state index is 10.7. The Morgan fingerprint density at radius 1 is 1.25 bits per heavy atom. The third-order valence-electron chi connectivity index (χ3n) is 2.54. The number of non-ortho nitro benzene ring substituents is 1. The fourth-order valence-electron chi connectivity index (χ4n) is 1.51. The molecule has 0 radical (unpaired) electrons. The molecule has 2 aromatic carbocycles. The molecule has 98 valence electrons. The van der Waals surface area contributed by atoms with Crippen LogP contribution in [0.5, 0.6) is 0 Å². The summed E-state index contributed by atoms with van der Waals surface area (Å²) in [6.45, 7) is 0. The smallest absolute Gasteiger partial charge is 0.258 e. The molecule has 0 N–H and O–H groups in total. The maximum Gasteiger partial charge on any atom is 0.270 e. The molecule has 0 saturated heterocycles. The summed E-state index contributed by atoms with van der Waals surface area (Å²) >= 11 is 5.96. The number of aliphatic imine (C=N–C) groups is 1. The Morgan fingerprint density at radius 2 is 1.95 bits per heavy atom. The molecule has 0 bridgehead atoms. The minimum atomic E-state index is -0.491. The lowest BCUT2D eigenvalue weighted by atomic mass is 10.2. The van der Waals surface area contributed by atoms with E-state index in [-0.39, 0.29) is 5.69 Å². The molecule has 0 fully saturated rings. The van der Waals surface area contributed by atoms with Gasteiger partial charge in [-0.05, 0) is 30.3 Å². The highest BCUT2D eigenvalue weighted by atomic mass is 35.5. The number of nitriles is 1. The van der Waals surface area contributed by atoms with E-state index in [1.165, 1.54) is 24.4 Å². The molecular weight excluding hydrogens is 278 g/mol. The molecule has 0 aliphatic heterocycles. The predicted molar refractivity (Wildman–Crippen MR) is 76.5 cm³/mol. The van der Waals surface area contributed by atoms with E-state index in [0.717, 1.165) is 0 Å². The van der Waals surface area contributed by atoms with Crippen LogP contribution in [0.15, 0.2) is 47.5 Å². The molecule has 2 aromatic rings. The molecule has 0 unspecified atom stereocenters. The molecule has 0 aliphatic rings. The van der Waals surface area contributed by atoms with Crippen LogP contribution in [0.25, 0.3) is 0 Å². The Labute approximate surface area is 119 Å². The highest BCUT2D eigenvalue weighted by Crippen LogP contribution is 2.21. The van der Waals surface area contributed by atoms with E-state index < -0.39 is 4.92 Å². The van der Waals surface area contributed by atoms with Crippen LogP contribution in [-0.4, -0.2) is 11.1 Å². The fourth-order valence-corrected chi connectivity index (χ4v) is 1.68. The molecule has 0 heterocycles. The quantitative estimate of drug-likeness (QED) is 0.488. The largest absolute Gasteiger partial charge is 0.270 e. The second kappa shape index (κ2) is 5.95. The summed E-state index contributed by atoms with van der Waals surface area (Å²) < 4.78 is 0. The normalized spacial score (nSPS) is 10.4. The fraction of sp³-hybridized carbons (Fsp3) is 0. The van der Waals surface area contributed by atoms with Crippen molar-refractivity contribution < 1.29 is 4.92 Å². The average Bonchev–Trinajstić information content (AvgIpc) is 2.46. The second-order valence-electron chi connectivity index (χ2n) is 3.88. The SMILES string of the molecule is N#Cc1ccc(/N=C/c2cc([N+](=O)[O-])ccc2Cl)cc1. The van der Waals surface area contributed by atoms with Gasteiger partial charge in [0.2, 0.25) is 0 Å². The van der Waals surface area contributed by atoms with E-state index in [9.17, 15) is 10.1 Å². The van der Waals surface area contributed by atoms with Crippen molar-refractivity contribution >= 4 is 29.2 Å². The molecule has 0 amide bonds. The maximum atomic E-state index is 10.7. The van der Waals surface area contributed by atoms with Crippen LogP contribution in [-0.2, 0) is 0 Å². The molecule has 6 heteroatoms. The van der Waals surface area contributed by atoms with Crippen LogP contribution < -0.4 is 0 Å². The summed E-state index contributed by atoms with van der Waals surface area (Å²) in [7, 11) is 0. The molecular formula is C14H8ClN3O2. The lowest BCUT2D eigenvalue weighted by molar-refractivity contribution is -0.384. The highest BCUT2D eigenvalue weighted by Gasteiger charge is 2.08. The number of rotatable bonds is 3.